The molecule has 0 aromatic heterocycles. The molecule has 1 amide bonds. The van der Waals surface area contributed by atoms with Crippen LogP contribution in [0.3, 0.4) is 0 Å². The monoisotopic (exact) mass is 382 g/mol. The number of nitrogens with zero attached hydrogens (tertiary/aromatic N) is 1. The van der Waals surface area contributed by atoms with E-state index in [2.05, 4.69) is 5.32 Å². The lowest BCUT2D eigenvalue weighted by Crippen LogP contribution is -2.34. The molecule has 0 bridgehead atoms. The summed E-state index contributed by atoms with van der Waals surface area (Å²) in [4.78, 5) is 14.6. The highest BCUT2D eigenvalue weighted by Crippen LogP contribution is 2.54. The second kappa shape index (κ2) is 9.88. The molecule has 1 aromatic rings. The highest BCUT2D eigenvalue weighted by molar-refractivity contribution is 7.58. The topological polar surface area (TPSA) is 77.1 Å². The molecule has 1 aromatic carbocycles. The molecule has 0 atom stereocenters. The van der Waals surface area contributed by atoms with Gasteiger partial charge in [0, 0.05) is 24.9 Å². The Labute approximate surface area is 154 Å². The van der Waals surface area contributed by atoms with Crippen molar-refractivity contribution in [3.8, 4) is 0 Å². The number of hydrogen-bond acceptors (Lipinski definition) is 6. The van der Waals surface area contributed by atoms with E-state index in [9.17, 15) is 9.36 Å². The molecule has 0 saturated carbocycles. The van der Waals surface area contributed by atoms with Gasteiger partial charge in [0.15, 0.2) is 0 Å². The normalized spacial score (nSPS) is 15.8. The van der Waals surface area contributed by atoms with E-state index in [1.165, 1.54) is 0 Å². The number of aryl methyl sites for hydroxylation is 1. The minimum atomic E-state index is -3.63. The van der Waals surface area contributed by atoms with Crippen LogP contribution < -0.4 is 5.32 Å². The quantitative estimate of drug-likeness (QED) is 0.696. The van der Waals surface area contributed by atoms with E-state index >= 15 is 0 Å². The van der Waals surface area contributed by atoms with Gasteiger partial charge < -0.3 is 24.0 Å². The van der Waals surface area contributed by atoms with Crippen LogP contribution in [0.1, 0.15) is 29.8 Å². The second-order valence-electron chi connectivity index (χ2n) is 5.82. The zero-order chi connectivity index (χ0) is 19.0. The van der Waals surface area contributed by atoms with Crippen molar-refractivity contribution in [3.63, 3.8) is 0 Å². The molecule has 1 aliphatic rings. The van der Waals surface area contributed by atoms with Gasteiger partial charge in [-0.15, -0.1) is 0 Å². The number of amides is 1. The fourth-order valence-corrected chi connectivity index (χ4v) is 4.04. The molecule has 8 heteroatoms. The van der Waals surface area contributed by atoms with Crippen LogP contribution in [0.2, 0.25) is 0 Å². The van der Waals surface area contributed by atoms with E-state index in [-0.39, 0.29) is 24.6 Å². The average Bonchev–Trinajstić information content (AvgIpc) is 2.63. The van der Waals surface area contributed by atoms with E-state index < -0.39 is 7.60 Å². The fraction of sp³-hybridized carbons (Fsp3) is 0.500. The summed E-state index contributed by atoms with van der Waals surface area (Å²) in [5.74, 6) is -0.357. The molecular formula is C18H27N2O5P. The summed E-state index contributed by atoms with van der Waals surface area (Å²) in [5.41, 5.74) is 1.68. The number of nitrogens with one attached hydrogen (secondary N) is 1. The Kier molecular flexibility index (Phi) is 7.85. The van der Waals surface area contributed by atoms with Gasteiger partial charge in [0.2, 0.25) is 0 Å². The Hall–Kier alpha value is -1.66. The van der Waals surface area contributed by atoms with Crippen LogP contribution in [-0.2, 0) is 18.3 Å². The molecule has 7 nitrogen and oxygen atoms in total. The first-order valence-electron chi connectivity index (χ1n) is 8.80. The zero-order valence-corrected chi connectivity index (χ0v) is 16.5. The fourth-order valence-electron chi connectivity index (χ4n) is 2.46. The van der Waals surface area contributed by atoms with Crippen LogP contribution in [0.4, 0.5) is 0 Å². The van der Waals surface area contributed by atoms with Gasteiger partial charge in [-0.3, -0.25) is 9.36 Å². The van der Waals surface area contributed by atoms with Crippen LogP contribution >= 0.6 is 7.60 Å². The van der Waals surface area contributed by atoms with Crippen LogP contribution in [0.15, 0.2) is 35.9 Å². The van der Waals surface area contributed by atoms with Crippen LogP contribution in [-0.4, -0.2) is 50.3 Å². The average molecular weight is 382 g/mol. The number of benzene rings is 1. The van der Waals surface area contributed by atoms with Gasteiger partial charge in [0.25, 0.3) is 5.91 Å². The third-order valence-corrected chi connectivity index (χ3v) is 5.81. The van der Waals surface area contributed by atoms with Crippen molar-refractivity contribution in [2.45, 2.75) is 20.8 Å². The van der Waals surface area contributed by atoms with Gasteiger partial charge in [-0.05, 0) is 32.9 Å². The maximum Gasteiger partial charge on any atom is 0.378 e. The Balaban J connectivity index is 2.29. The standard InChI is InChI=1S/C18H27N2O5P/c1-4-24-26(22,25-5-2)17(14-20-10-12-23-13-11-20)19-18(21)16-8-6-15(3)7-9-16/h6-9,14H,4-5,10-13H2,1-3H3,(H,19,21). The maximum absolute atomic E-state index is 13.2. The number of ether oxygens (including phenoxy) is 1. The summed E-state index contributed by atoms with van der Waals surface area (Å²) in [6.07, 6.45) is 1.65. The van der Waals surface area contributed by atoms with Gasteiger partial charge in [0.05, 0.1) is 26.4 Å². The number of carbonyl (C=O) groups is 1. The number of carbonyl (C=O) groups excluding carboxylic acids is 1. The van der Waals surface area contributed by atoms with Crippen molar-refractivity contribution < 1.29 is 23.1 Å². The van der Waals surface area contributed by atoms with Gasteiger partial charge in [-0.1, -0.05) is 17.7 Å². The summed E-state index contributed by atoms with van der Waals surface area (Å²) in [6.45, 7) is 8.26. The maximum atomic E-state index is 13.2. The Morgan fingerprint density at radius 1 is 1.19 bits per heavy atom. The molecule has 1 heterocycles. The molecule has 0 unspecified atom stereocenters. The molecular weight excluding hydrogens is 355 g/mol. The predicted molar refractivity (Wildman–Crippen MR) is 100.0 cm³/mol. The Morgan fingerprint density at radius 2 is 1.77 bits per heavy atom. The SMILES string of the molecule is CCOP(=O)(OCC)C(=CN1CCOCC1)NC(=O)c1ccc(C)cc1. The van der Waals surface area contributed by atoms with Crippen LogP contribution in [0.25, 0.3) is 0 Å². The highest BCUT2D eigenvalue weighted by Gasteiger charge is 2.32. The zero-order valence-electron chi connectivity index (χ0n) is 15.6. The number of hydrogen-bond donors (Lipinski definition) is 1. The Morgan fingerprint density at radius 3 is 2.31 bits per heavy atom. The van der Waals surface area contributed by atoms with Gasteiger partial charge >= 0.3 is 7.60 Å². The van der Waals surface area contributed by atoms with Crippen molar-refractivity contribution in [2.75, 3.05) is 39.5 Å². The molecule has 1 fully saturated rings. The molecule has 1 N–H and O–H groups in total. The molecule has 0 radical (unpaired) electrons. The summed E-state index contributed by atoms with van der Waals surface area (Å²) in [5, 5.41) is 2.74. The van der Waals surface area contributed by atoms with Crippen molar-refractivity contribution in [2.24, 2.45) is 0 Å². The molecule has 1 saturated heterocycles. The summed E-state index contributed by atoms with van der Waals surface area (Å²) in [7, 11) is -3.63. The lowest BCUT2D eigenvalue weighted by molar-refractivity contribution is 0.0588. The highest BCUT2D eigenvalue weighted by atomic mass is 31.2. The number of rotatable bonds is 8. The van der Waals surface area contributed by atoms with E-state index in [0.717, 1.165) is 5.56 Å². The van der Waals surface area contributed by atoms with E-state index in [0.29, 0.717) is 31.9 Å². The minimum Gasteiger partial charge on any atom is -0.378 e. The molecule has 0 spiro atoms. The smallest absolute Gasteiger partial charge is 0.378 e. The van der Waals surface area contributed by atoms with Crippen molar-refractivity contribution in [1.29, 1.82) is 0 Å². The predicted octanol–water partition coefficient (Wildman–Crippen LogP) is 3.12. The molecule has 2 rings (SSSR count). The van der Waals surface area contributed by atoms with E-state index in [1.807, 2.05) is 24.0 Å². The van der Waals surface area contributed by atoms with Gasteiger partial charge in [-0.25, -0.2) is 0 Å². The first kappa shape index (κ1) is 20.6. The lowest BCUT2D eigenvalue weighted by Gasteiger charge is -2.28. The first-order chi connectivity index (χ1) is 12.5. The second-order valence-corrected chi connectivity index (χ2v) is 7.81. The van der Waals surface area contributed by atoms with Gasteiger partial charge in [0.1, 0.15) is 5.44 Å². The summed E-state index contributed by atoms with van der Waals surface area (Å²) in [6, 6.07) is 7.16. The van der Waals surface area contributed by atoms with Crippen LogP contribution in [0.5, 0.6) is 0 Å². The third-order valence-electron chi connectivity index (χ3n) is 3.80. The molecule has 1 aliphatic heterocycles. The van der Waals surface area contributed by atoms with E-state index in [1.54, 1.807) is 32.2 Å². The van der Waals surface area contributed by atoms with Crippen molar-refractivity contribution >= 4 is 13.5 Å². The third kappa shape index (κ3) is 5.68. The Bertz CT molecular complexity index is 659. The first-order valence-corrected chi connectivity index (χ1v) is 10.3. The summed E-state index contributed by atoms with van der Waals surface area (Å²) >= 11 is 0. The number of morpholine rings is 1. The minimum absolute atomic E-state index is 0.147. The van der Waals surface area contributed by atoms with E-state index in [4.69, 9.17) is 13.8 Å². The van der Waals surface area contributed by atoms with Crippen molar-refractivity contribution in [3.05, 3.63) is 47.0 Å². The molecule has 26 heavy (non-hydrogen) atoms. The lowest BCUT2D eigenvalue weighted by atomic mass is 10.1. The summed E-state index contributed by atoms with van der Waals surface area (Å²) < 4.78 is 29.4. The van der Waals surface area contributed by atoms with Gasteiger partial charge in [-0.2, -0.15) is 0 Å². The largest absolute Gasteiger partial charge is 0.378 e. The van der Waals surface area contributed by atoms with Crippen LogP contribution in [0, 0.1) is 6.92 Å². The van der Waals surface area contributed by atoms with Crippen molar-refractivity contribution in [1.82, 2.24) is 10.2 Å². The molecule has 0 aliphatic carbocycles. The molecule has 144 valence electrons.